The molecule has 0 saturated carbocycles. The highest BCUT2D eigenvalue weighted by molar-refractivity contribution is 9.09. The minimum absolute atomic E-state index is 0.148. The van der Waals surface area contributed by atoms with Gasteiger partial charge in [-0.3, -0.25) is 4.79 Å². The standard InChI is InChI=1S/C8H13BrN4O3S2/c1-6(14)11-7-12-13-8(17-7)18(15,16)10-5-3-2-4-9/h10H,2-5H2,1H3,(H,11,12,14). The number of hydrogen-bond donors (Lipinski definition) is 2. The summed E-state index contributed by atoms with van der Waals surface area (Å²) < 4.78 is 25.8. The van der Waals surface area contributed by atoms with Crippen LogP contribution in [0.5, 0.6) is 0 Å². The number of anilines is 1. The molecule has 102 valence electrons. The number of nitrogens with zero attached hydrogens (tertiary/aromatic N) is 2. The van der Waals surface area contributed by atoms with Gasteiger partial charge in [-0.1, -0.05) is 27.3 Å². The molecule has 0 radical (unpaired) electrons. The summed E-state index contributed by atoms with van der Waals surface area (Å²) in [7, 11) is -3.63. The summed E-state index contributed by atoms with van der Waals surface area (Å²) >= 11 is 4.08. The van der Waals surface area contributed by atoms with Gasteiger partial charge in [0.25, 0.3) is 10.0 Å². The highest BCUT2D eigenvalue weighted by Gasteiger charge is 2.19. The number of alkyl halides is 1. The van der Waals surface area contributed by atoms with Gasteiger partial charge in [0.05, 0.1) is 0 Å². The van der Waals surface area contributed by atoms with E-state index in [1.165, 1.54) is 6.92 Å². The van der Waals surface area contributed by atoms with Crippen LogP contribution in [0.2, 0.25) is 0 Å². The van der Waals surface area contributed by atoms with E-state index in [0.29, 0.717) is 6.54 Å². The molecular weight excluding hydrogens is 344 g/mol. The van der Waals surface area contributed by atoms with Crippen LogP contribution in [0.1, 0.15) is 19.8 Å². The first kappa shape index (κ1) is 15.5. The molecule has 0 aliphatic heterocycles. The molecule has 1 heterocycles. The van der Waals surface area contributed by atoms with Crippen LogP contribution in [0, 0.1) is 0 Å². The van der Waals surface area contributed by atoms with Crippen molar-refractivity contribution in [2.24, 2.45) is 0 Å². The Morgan fingerprint density at radius 1 is 1.39 bits per heavy atom. The molecule has 18 heavy (non-hydrogen) atoms. The van der Waals surface area contributed by atoms with E-state index in [2.05, 4.69) is 36.2 Å². The number of carbonyl (C=O) groups excluding carboxylic acids is 1. The van der Waals surface area contributed by atoms with E-state index < -0.39 is 10.0 Å². The number of sulfonamides is 1. The quantitative estimate of drug-likeness (QED) is 0.430. The van der Waals surface area contributed by atoms with Crippen molar-refractivity contribution >= 4 is 48.3 Å². The molecule has 1 aromatic heterocycles. The molecule has 0 unspecified atom stereocenters. The Morgan fingerprint density at radius 3 is 2.72 bits per heavy atom. The zero-order chi connectivity index (χ0) is 13.6. The summed E-state index contributed by atoms with van der Waals surface area (Å²) in [6.45, 7) is 1.66. The van der Waals surface area contributed by atoms with Gasteiger partial charge in [0.2, 0.25) is 15.4 Å². The molecule has 10 heteroatoms. The van der Waals surface area contributed by atoms with E-state index in [0.717, 1.165) is 29.5 Å². The normalized spacial score (nSPS) is 11.4. The average Bonchev–Trinajstić information content (AvgIpc) is 2.73. The third kappa shape index (κ3) is 4.96. The second kappa shape index (κ2) is 7.12. The fraction of sp³-hybridized carbons (Fsp3) is 0.625. The van der Waals surface area contributed by atoms with Crippen molar-refractivity contribution in [3.05, 3.63) is 0 Å². The highest BCUT2D eigenvalue weighted by Crippen LogP contribution is 2.19. The maximum Gasteiger partial charge on any atom is 0.269 e. The molecule has 0 atom stereocenters. The van der Waals surface area contributed by atoms with Gasteiger partial charge in [-0.25, -0.2) is 13.1 Å². The lowest BCUT2D eigenvalue weighted by Crippen LogP contribution is -2.24. The number of rotatable bonds is 7. The first-order chi connectivity index (χ1) is 8.45. The summed E-state index contributed by atoms with van der Waals surface area (Å²) in [6, 6.07) is 0. The predicted octanol–water partition coefficient (Wildman–Crippen LogP) is 0.950. The van der Waals surface area contributed by atoms with Crippen LogP contribution in [0.25, 0.3) is 0 Å². The SMILES string of the molecule is CC(=O)Nc1nnc(S(=O)(=O)NCCCCBr)s1. The van der Waals surface area contributed by atoms with Crippen LogP contribution in [0.15, 0.2) is 4.34 Å². The molecule has 0 fully saturated rings. The summed E-state index contributed by atoms with van der Waals surface area (Å²) in [5.74, 6) is -0.319. The van der Waals surface area contributed by atoms with Crippen molar-refractivity contribution in [3.8, 4) is 0 Å². The second-order valence-electron chi connectivity index (χ2n) is 3.35. The molecule has 1 aromatic rings. The third-order valence-electron chi connectivity index (χ3n) is 1.77. The number of aromatic nitrogens is 2. The Balaban J connectivity index is 2.61. The number of carbonyl (C=O) groups is 1. The number of nitrogens with one attached hydrogen (secondary N) is 2. The predicted molar refractivity (Wildman–Crippen MR) is 72.4 cm³/mol. The topological polar surface area (TPSA) is 101 Å². The van der Waals surface area contributed by atoms with Gasteiger partial charge in [0.1, 0.15) is 0 Å². The van der Waals surface area contributed by atoms with Crippen LogP contribution >= 0.6 is 27.3 Å². The van der Waals surface area contributed by atoms with Crippen molar-refractivity contribution in [1.82, 2.24) is 14.9 Å². The zero-order valence-corrected chi connectivity index (χ0v) is 12.9. The van der Waals surface area contributed by atoms with Gasteiger partial charge in [-0.15, -0.1) is 10.2 Å². The molecule has 0 bridgehead atoms. The average molecular weight is 357 g/mol. The lowest BCUT2D eigenvalue weighted by Gasteiger charge is -2.01. The Bertz CT molecular complexity index is 502. The van der Waals surface area contributed by atoms with Crippen molar-refractivity contribution in [1.29, 1.82) is 0 Å². The van der Waals surface area contributed by atoms with E-state index in [1.807, 2.05) is 0 Å². The van der Waals surface area contributed by atoms with Gasteiger partial charge < -0.3 is 5.32 Å². The fourth-order valence-corrected chi connectivity index (χ4v) is 3.46. The second-order valence-corrected chi connectivity index (χ2v) is 7.06. The molecule has 0 saturated heterocycles. The molecule has 1 amide bonds. The Kier molecular flexibility index (Phi) is 6.12. The van der Waals surface area contributed by atoms with E-state index >= 15 is 0 Å². The van der Waals surface area contributed by atoms with Crippen LogP contribution in [0.4, 0.5) is 5.13 Å². The molecule has 7 nitrogen and oxygen atoms in total. The van der Waals surface area contributed by atoms with Gasteiger partial charge in [0.15, 0.2) is 0 Å². The van der Waals surface area contributed by atoms with E-state index in [9.17, 15) is 13.2 Å². The van der Waals surface area contributed by atoms with Crippen LogP contribution in [0.3, 0.4) is 0 Å². The maximum atomic E-state index is 11.8. The third-order valence-corrected chi connectivity index (χ3v) is 5.00. The Morgan fingerprint density at radius 2 is 2.11 bits per heavy atom. The maximum absolute atomic E-state index is 11.8. The van der Waals surface area contributed by atoms with Gasteiger partial charge in [0, 0.05) is 18.8 Å². The summed E-state index contributed by atoms with van der Waals surface area (Å²) in [4.78, 5) is 10.8. The van der Waals surface area contributed by atoms with Crippen LogP contribution in [-0.4, -0.2) is 36.4 Å². The first-order valence-electron chi connectivity index (χ1n) is 5.12. The number of amides is 1. The van der Waals surface area contributed by atoms with Crippen molar-refractivity contribution in [2.45, 2.75) is 24.1 Å². The zero-order valence-electron chi connectivity index (χ0n) is 9.64. The van der Waals surface area contributed by atoms with Gasteiger partial charge in [-0.05, 0) is 12.8 Å². The van der Waals surface area contributed by atoms with Crippen LogP contribution < -0.4 is 10.0 Å². The minimum Gasteiger partial charge on any atom is -0.301 e. The molecule has 0 aromatic carbocycles. The number of unbranched alkanes of at least 4 members (excludes halogenated alkanes) is 1. The highest BCUT2D eigenvalue weighted by atomic mass is 79.9. The molecule has 1 rings (SSSR count). The molecular formula is C8H13BrN4O3S2. The summed E-state index contributed by atoms with van der Waals surface area (Å²) in [5.41, 5.74) is 0. The van der Waals surface area contributed by atoms with E-state index in [4.69, 9.17) is 0 Å². The number of hydrogen-bond acceptors (Lipinski definition) is 6. The van der Waals surface area contributed by atoms with Gasteiger partial charge in [-0.2, -0.15) is 0 Å². The van der Waals surface area contributed by atoms with Crippen molar-refractivity contribution in [2.75, 3.05) is 17.2 Å². The number of halogens is 1. The van der Waals surface area contributed by atoms with Crippen LogP contribution in [-0.2, 0) is 14.8 Å². The molecule has 0 aliphatic rings. The first-order valence-corrected chi connectivity index (χ1v) is 8.54. The lowest BCUT2D eigenvalue weighted by atomic mass is 10.3. The van der Waals surface area contributed by atoms with E-state index in [-0.39, 0.29) is 15.4 Å². The lowest BCUT2D eigenvalue weighted by molar-refractivity contribution is -0.114. The fourth-order valence-electron chi connectivity index (χ4n) is 1.01. The minimum atomic E-state index is -3.63. The molecule has 0 spiro atoms. The van der Waals surface area contributed by atoms with Crippen molar-refractivity contribution in [3.63, 3.8) is 0 Å². The molecule has 2 N–H and O–H groups in total. The van der Waals surface area contributed by atoms with E-state index in [1.54, 1.807) is 0 Å². The monoisotopic (exact) mass is 356 g/mol. The summed E-state index contributed by atoms with van der Waals surface area (Å²) in [6.07, 6.45) is 1.62. The van der Waals surface area contributed by atoms with Gasteiger partial charge >= 0.3 is 0 Å². The molecule has 0 aliphatic carbocycles. The Labute approximate surface area is 118 Å². The smallest absolute Gasteiger partial charge is 0.269 e. The largest absolute Gasteiger partial charge is 0.301 e. The summed E-state index contributed by atoms with van der Waals surface area (Å²) in [5, 5.41) is 10.5. The van der Waals surface area contributed by atoms with Crippen molar-refractivity contribution < 1.29 is 13.2 Å². The Hall–Kier alpha value is -0.580.